The molecule has 1 amide bonds. The van der Waals surface area contributed by atoms with Crippen molar-refractivity contribution in [2.75, 3.05) is 6.61 Å². The summed E-state index contributed by atoms with van der Waals surface area (Å²) >= 11 is 3.27. The number of hydrogen-bond acceptors (Lipinski definition) is 3. The minimum atomic E-state index is -0.463. The Morgan fingerprint density at radius 1 is 1.50 bits per heavy atom. The third-order valence-corrected chi connectivity index (χ3v) is 1.91. The molecular formula is C9H7BrN2O2. The summed E-state index contributed by atoms with van der Waals surface area (Å²) in [7, 11) is 0. The molecule has 72 valence electrons. The third kappa shape index (κ3) is 3.46. The molecule has 0 fully saturated rings. The molecule has 1 N–H and O–H groups in total. The molecule has 0 aromatic heterocycles. The van der Waals surface area contributed by atoms with Gasteiger partial charge in [0, 0.05) is 4.47 Å². The normalized spacial score (nSPS) is 8.86. The zero-order valence-corrected chi connectivity index (χ0v) is 8.74. The molecule has 0 unspecified atom stereocenters. The van der Waals surface area contributed by atoms with Crippen LogP contribution in [0.15, 0.2) is 28.7 Å². The van der Waals surface area contributed by atoms with Gasteiger partial charge in [-0.25, -0.2) is 0 Å². The Kier molecular flexibility index (Phi) is 3.95. The molecule has 0 aliphatic heterocycles. The largest absolute Gasteiger partial charge is 0.484 e. The molecule has 1 rings (SSSR count). The Morgan fingerprint density at radius 2 is 2.14 bits per heavy atom. The number of rotatable bonds is 3. The van der Waals surface area contributed by atoms with E-state index in [-0.39, 0.29) is 6.61 Å². The Hall–Kier alpha value is -1.54. The maximum absolute atomic E-state index is 10.8. The number of ether oxygens (including phenoxy) is 1. The Balaban J connectivity index is 2.43. The minimum Gasteiger partial charge on any atom is -0.484 e. The van der Waals surface area contributed by atoms with Crippen LogP contribution in [0.2, 0.25) is 0 Å². The van der Waals surface area contributed by atoms with Crippen LogP contribution >= 0.6 is 15.9 Å². The van der Waals surface area contributed by atoms with Gasteiger partial charge in [-0.05, 0) is 24.3 Å². The highest BCUT2D eigenvalue weighted by Crippen LogP contribution is 2.15. The van der Waals surface area contributed by atoms with E-state index in [0.717, 1.165) is 4.47 Å². The summed E-state index contributed by atoms with van der Waals surface area (Å²) < 4.78 is 6.03. The van der Waals surface area contributed by atoms with Crippen molar-refractivity contribution in [1.29, 1.82) is 5.26 Å². The van der Waals surface area contributed by atoms with E-state index in [1.165, 1.54) is 6.19 Å². The van der Waals surface area contributed by atoms with Crippen LogP contribution < -0.4 is 10.1 Å². The van der Waals surface area contributed by atoms with Crippen LogP contribution in [0.1, 0.15) is 0 Å². The second-order valence-electron chi connectivity index (χ2n) is 2.40. The van der Waals surface area contributed by atoms with Crippen molar-refractivity contribution in [1.82, 2.24) is 5.32 Å². The number of benzene rings is 1. The molecule has 14 heavy (non-hydrogen) atoms. The monoisotopic (exact) mass is 254 g/mol. The lowest BCUT2D eigenvalue weighted by molar-refractivity contribution is -0.121. The van der Waals surface area contributed by atoms with Crippen molar-refractivity contribution in [3.05, 3.63) is 28.7 Å². The smallest absolute Gasteiger partial charge is 0.270 e. The van der Waals surface area contributed by atoms with Gasteiger partial charge in [0.15, 0.2) is 12.8 Å². The number of nitriles is 1. The summed E-state index contributed by atoms with van der Waals surface area (Å²) in [4.78, 5) is 10.8. The lowest BCUT2D eigenvalue weighted by atomic mass is 10.3. The van der Waals surface area contributed by atoms with Gasteiger partial charge in [-0.2, -0.15) is 5.26 Å². The number of carbonyl (C=O) groups excluding carboxylic acids is 1. The molecule has 0 heterocycles. The Morgan fingerprint density at radius 3 is 2.71 bits per heavy atom. The fourth-order valence-corrected chi connectivity index (χ4v) is 1.04. The average Bonchev–Trinajstić information content (AvgIpc) is 2.17. The van der Waals surface area contributed by atoms with Crippen LogP contribution in [0.5, 0.6) is 5.75 Å². The van der Waals surface area contributed by atoms with E-state index in [0.29, 0.717) is 5.75 Å². The van der Waals surface area contributed by atoms with Gasteiger partial charge >= 0.3 is 0 Å². The van der Waals surface area contributed by atoms with Crippen LogP contribution in [0.25, 0.3) is 0 Å². The average molecular weight is 255 g/mol. The molecule has 0 atom stereocenters. The summed E-state index contributed by atoms with van der Waals surface area (Å²) in [5.41, 5.74) is 0. The van der Waals surface area contributed by atoms with Crippen molar-refractivity contribution in [2.24, 2.45) is 0 Å². The van der Waals surface area contributed by atoms with Crippen LogP contribution in [-0.4, -0.2) is 12.5 Å². The second kappa shape index (κ2) is 5.25. The van der Waals surface area contributed by atoms with Gasteiger partial charge in [0.05, 0.1) is 0 Å². The summed E-state index contributed by atoms with van der Waals surface area (Å²) in [6.45, 7) is -0.158. The third-order valence-electron chi connectivity index (χ3n) is 1.38. The van der Waals surface area contributed by atoms with E-state index >= 15 is 0 Å². The molecule has 4 nitrogen and oxygen atoms in total. The Labute approximate surface area is 89.6 Å². The molecular weight excluding hydrogens is 248 g/mol. The molecule has 0 saturated carbocycles. The second-order valence-corrected chi connectivity index (χ2v) is 3.32. The standard InChI is InChI=1S/C9H7BrN2O2/c10-7-1-3-8(4-2-7)14-5-9(13)12-6-11/h1-4H,5H2,(H,12,13). The number of amides is 1. The van der Waals surface area contributed by atoms with Gasteiger partial charge in [0.25, 0.3) is 5.91 Å². The molecule has 0 aliphatic rings. The van der Waals surface area contributed by atoms with E-state index < -0.39 is 5.91 Å². The molecule has 0 aliphatic carbocycles. The fourth-order valence-electron chi connectivity index (χ4n) is 0.778. The van der Waals surface area contributed by atoms with E-state index in [4.69, 9.17) is 10.00 Å². The Bertz CT molecular complexity index is 356. The quantitative estimate of drug-likeness (QED) is 0.656. The predicted molar refractivity (Wildman–Crippen MR) is 53.4 cm³/mol. The molecule has 0 bridgehead atoms. The molecule has 1 aromatic rings. The van der Waals surface area contributed by atoms with Crippen molar-refractivity contribution in [3.8, 4) is 11.9 Å². The highest BCUT2D eigenvalue weighted by atomic mass is 79.9. The van der Waals surface area contributed by atoms with E-state index in [2.05, 4.69) is 15.9 Å². The van der Waals surface area contributed by atoms with Crippen molar-refractivity contribution < 1.29 is 9.53 Å². The van der Waals surface area contributed by atoms with E-state index in [9.17, 15) is 4.79 Å². The van der Waals surface area contributed by atoms with Crippen LogP contribution in [0, 0.1) is 11.5 Å². The molecule has 5 heteroatoms. The minimum absolute atomic E-state index is 0.158. The number of carbonyl (C=O) groups is 1. The fraction of sp³-hybridized carbons (Fsp3) is 0.111. The number of nitrogens with one attached hydrogen (secondary N) is 1. The molecule has 1 aromatic carbocycles. The first-order valence-corrected chi connectivity index (χ1v) is 4.58. The first kappa shape index (κ1) is 10.5. The zero-order valence-electron chi connectivity index (χ0n) is 7.16. The number of nitrogens with zero attached hydrogens (tertiary/aromatic N) is 1. The maximum Gasteiger partial charge on any atom is 0.270 e. The van der Waals surface area contributed by atoms with Gasteiger partial charge in [-0.1, -0.05) is 15.9 Å². The van der Waals surface area contributed by atoms with Crippen molar-refractivity contribution in [3.63, 3.8) is 0 Å². The van der Waals surface area contributed by atoms with Gasteiger partial charge in [-0.3, -0.25) is 10.1 Å². The van der Waals surface area contributed by atoms with Gasteiger partial charge < -0.3 is 4.74 Å². The highest BCUT2D eigenvalue weighted by Gasteiger charge is 2.00. The van der Waals surface area contributed by atoms with Crippen molar-refractivity contribution >= 4 is 21.8 Å². The number of hydrogen-bond donors (Lipinski definition) is 1. The van der Waals surface area contributed by atoms with Crippen LogP contribution in [0.4, 0.5) is 0 Å². The first-order chi connectivity index (χ1) is 6.72. The van der Waals surface area contributed by atoms with Crippen molar-refractivity contribution in [2.45, 2.75) is 0 Å². The highest BCUT2D eigenvalue weighted by molar-refractivity contribution is 9.10. The SMILES string of the molecule is N#CNC(=O)COc1ccc(Br)cc1. The molecule has 0 spiro atoms. The lowest BCUT2D eigenvalue weighted by Crippen LogP contribution is -2.24. The van der Waals surface area contributed by atoms with Gasteiger partial charge in [0.2, 0.25) is 0 Å². The zero-order chi connectivity index (χ0) is 10.4. The first-order valence-electron chi connectivity index (χ1n) is 3.78. The topological polar surface area (TPSA) is 62.1 Å². The summed E-state index contributed by atoms with van der Waals surface area (Å²) in [5, 5.41) is 10.1. The van der Waals surface area contributed by atoms with E-state index in [1.54, 1.807) is 24.3 Å². The van der Waals surface area contributed by atoms with Gasteiger partial charge in [0.1, 0.15) is 5.75 Å². The molecule has 0 saturated heterocycles. The maximum atomic E-state index is 10.8. The summed E-state index contributed by atoms with van der Waals surface area (Å²) in [6, 6.07) is 7.06. The summed E-state index contributed by atoms with van der Waals surface area (Å²) in [5.74, 6) is 0.122. The number of halogens is 1. The lowest BCUT2D eigenvalue weighted by Gasteiger charge is -2.03. The van der Waals surface area contributed by atoms with Crippen LogP contribution in [0.3, 0.4) is 0 Å². The van der Waals surface area contributed by atoms with Crippen LogP contribution in [-0.2, 0) is 4.79 Å². The van der Waals surface area contributed by atoms with Gasteiger partial charge in [-0.15, -0.1) is 0 Å². The summed E-state index contributed by atoms with van der Waals surface area (Å²) in [6.07, 6.45) is 1.53. The molecule has 0 radical (unpaired) electrons. The van der Waals surface area contributed by atoms with E-state index in [1.807, 2.05) is 5.32 Å². The predicted octanol–water partition coefficient (Wildman–Crippen LogP) is 1.43.